The number of hydrogen-bond donors (Lipinski definition) is 0. The lowest BCUT2D eigenvalue weighted by Gasteiger charge is -2.12. The Kier molecular flexibility index (Phi) is 6.08. The van der Waals surface area contributed by atoms with Crippen LogP contribution in [0.4, 0.5) is 0 Å². The van der Waals surface area contributed by atoms with E-state index in [4.69, 9.17) is 19.4 Å². The molecule has 0 bridgehead atoms. The molecule has 43 heavy (non-hydrogen) atoms. The van der Waals surface area contributed by atoms with E-state index in [1.807, 2.05) is 84.9 Å². The summed E-state index contributed by atoms with van der Waals surface area (Å²) >= 11 is 0. The fourth-order valence-corrected chi connectivity index (χ4v) is 5.56. The number of fused-ring (bicyclic) bond motifs is 3. The predicted octanol–water partition coefficient (Wildman–Crippen LogP) is 10.1. The monoisotopic (exact) mass is 551 g/mol. The zero-order valence-corrected chi connectivity index (χ0v) is 23.2. The van der Waals surface area contributed by atoms with Crippen molar-refractivity contribution in [2.24, 2.45) is 0 Å². The fraction of sp³-hybridized carbons (Fsp3) is 0. The first-order valence-corrected chi connectivity index (χ1v) is 14.3. The molecule has 0 aliphatic rings. The van der Waals surface area contributed by atoms with Gasteiger partial charge in [-0.2, -0.15) is 0 Å². The molecule has 0 atom stereocenters. The van der Waals surface area contributed by atoms with Gasteiger partial charge in [0.25, 0.3) is 0 Å². The van der Waals surface area contributed by atoms with Crippen LogP contribution in [0.1, 0.15) is 0 Å². The first kappa shape index (κ1) is 24.9. The van der Waals surface area contributed by atoms with Gasteiger partial charge in [0.05, 0.1) is 0 Å². The molecule has 0 aliphatic heterocycles. The van der Waals surface area contributed by atoms with E-state index in [1.165, 1.54) is 0 Å². The number of nitrogens with zero attached hydrogens (tertiary/aromatic N) is 3. The summed E-state index contributed by atoms with van der Waals surface area (Å²) in [6, 6.07) is 51.7. The molecular formula is C39H25N3O. The average molecular weight is 552 g/mol. The van der Waals surface area contributed by atoms with Crippen molar-refractivity contribution in [3.8, 4) is 56.4 Å². The molecule has 4 heteroatoms. The van der Waals surface area contributed by atoms with Crippen LogP contribution in [0.5, 0.6) is 0 Å². The summed E-state index contributed by atoms with van der Waals surface area (Å²) in [5.74, 6) is 1.90. The van der Waals surface area contributed by atoms with Gasteiger partial charge in [-0.3, -0.25) is 0 Å². The minimum Gasteiger partial charge on any atom is -0.456 e. The lowest BCUT2D eigenvalue weighted by atomic mass is 9.95. The largest absolute Gasteiger partial charge is 0.456 e. The maximum atomic E-state index is 6.24. The fourth-order valence-electron chi connectivity index (χ4n) is 5.56. The summed E-state index contributed by atoms with van der Waals surface area (Å²) in [5.41, 5.74) is 8.88. The lowest BCUT2D eigenvalue weighted by Crippen LogP contribution is -2.00. The Balaban J connectivity index is 1.34. The van der Waals surface area contributed by atoms with Crippen LogP contribution in [0, 0.1) is 0 Å². The van der Waals surface area contributed by atoms with Crippen molar-refractivity contribution in [1.29, 1.82) is 0 Å². The van der Waals surface area contributed by atoms with Gasteiger partial charge in [0.2, 0.25) is 0 Å². The maximum Gasteiger partial charge on any atom is 0.164 e. The zero-order chi connectivity index (χ0) is 28.6. The summed E-state index contributed by atoms with van der Waals surface area (Å²) in [5, 5.41) is 2.23. The third-order valence-electron chi connectivity index (χ3n) is 7.71. The second kappa shape index (κ2) is 10.5. The average Bonchev–Trinajstić information content (AvgIpc) is 3.47. The SMILES string of the molecule is c1ccc(-c2cc(-c3ccc4c(c3)oc3ccccc34)cc(-c3nc(-c4ccccc4)nc(-c4ccccc4)n3)c2)cc1. The van der Waals surface area contributed by atoms with Crippen LogP contribution in [0.25, 0.3) is 78.4 Å². The molecule has 0 N–H and O–H groups in total. The van der Waals surface area contributed by atoms with Gasteiger partial charge >= 0.3 is 0 Å². The van der Waals surface area contributed by atoms with Gasteiger partial charge in [0.1, 0.15) is 11.2 Å². The highest BCUT2D eigenvalue weighted by Crippen LogP contribution is 2.36. The van der Waals surface area contributed by atoms with Crippen LogP contribution >= 0.6 is 0 Å². The van der Waals surface area contributed by atoms with Crippen molar-refractivity contribution < 1.29 is 4.42 Å². The van der Waals surface area contributed by atoms with Crippen molar-refractivity contribution in [2.45, 2.75) is 0 Å². The molecule has 2 heterocycles. The van der Waals surface area contributed by atoms with Gasteiger partial charge in [-0.15, -0.1) is 0 Å². The minimum atomic E-state index is 0.622. The summed E-state index contributed by atoms with van der Waals surface area (Å²) < 4.78 is 6.24. The normalized spacial score (nSPS) is 11.3. The number of rotatable bonds is 5. The molecule has 202 valence electrons. The Bertz CT molecular complexity index is 2170. The number of furan rings is 1. The van der Waals surface area contributed by atoms with E-state index < -0.39 is 0 Å². The topological polar surface area (TPSA) is 51.8 Å². The lowest BCUT2D eigenvalue weighted by molar-refractivity contribution is 0.669. The molecule has 0 spiro atoms. The first-order chi connectivity index (χ1) is 21.3. The molecule has 6 aromatic carbocycles. The molecule has 0 saturated carbocycles. The van der Waals surface area contributed by atoms with E-state index in [0.717, 1.165) is 60.9 Å². The summed E-state index contributed by atoms with van der Waals surface area (Å²) in [7, 11) is 0. The van der Waals surface area contributed by atoms with Crippen LogP contribution in [0.3, 0.4) is 0 Å². The van der Waals surface area contributed by atoms with E-state index in [-0.39, 0.29) is 0 Å². The highest BCUT2D eigenvalue weighted by Gasteiger charge is 2.15. The molecule has 0 radical (unpaired) electrons. The first-order valence-electron chi connectivity index (χ1n) is 14.3. The van der Waals surface area contributed by atoms with Crippen LogP contribution in [0.2, 0.25) is 0 Å². The molecule has 0 fully saturated rings. The standard InChI is InChI=1S/C39H25N3O/c1-4-12-26(13-5-1)30-22-31(29-20-21-34-33-18-10-11-19-35(33)43-36(34)25-29)24-32(23-30)39-41-37(27-14-6-2-7-15-27)40-38(42-39)28-16-8-3-9-17-28/h1-25H. The summed E-state index contributed by atoms with van der Waals surface area (Å²) in [6.45, 7) is 0. The number of aromatic nitrogens is 3. The molecular weight excluding hydrogens is 526 g/mol. The second-order valence-corrected chi connectivity index (χ2v) is 10.5. The minimum absolute atomic E-state index is 0.622. The molecule has 2 aromatic heterocycles. The van der Waals surface area contributed by atoms with E-state index >= 15 is 0 Å². The molecule has 0 amide bonds. The Morgan fingerprint density at radius 1 is 0.302 bits per heavy atom. The van der Waals surface area contributed by atoms with E-state index in [1.54, 1.807) is 0 Å². The highest BCUT2D eigenvalue weighted by atomic mass is 16.3. The number of hydrogen-bond acceptors (Lipinski definition) is 4. The van der Waals surface area contributed by atoms with Gasteiger partial charge in [0, 0.05) is 27.5 Å². The van der Waals surface area contributed by atoms with Crippen molar-refractivity contribution in [2.75, 3.05) is 0 Å². The molecule has 0 unspecified atom stereocenters. The third kappa shape index (κ3) is 4.75. The van der Waals surface area contributed by atoms with E-state index in [2.05, 4.69) is 66.7 Å². The van der Waals surface area contributed by atoms with Gasteiger partial charge in [0.15, 0.2) is 17.5 Å². The van der Waals surface area contributed by atoms with Gasteiger partial charge in [-0.25, -0.2) is 15.0 Å². The molecule has 0 aliphatic carbocycles. The Morgan fingerprint density at radius 2 is 0.767 bits per heavy atom. The molecule has 0 saturated heterocycles. The van der Waals surface area contributed by atoms with Crippen LogP contribution in [-0.4, -0.2) is 15.0 Å². The van der Waals surface area contributed by atoms with Crippen molar-refractivity contribution in [1.82, 2.24) is 15.0 Å². The smallest absolute Gasteiger partial charge is 0.164 e. The van der Waals surface area contributed by atoms with Crippen LogP contribution in [0.15, 0.2) is 156 Å². The Hall–Kier alpha value is -5.87. The predicted molar refractivity (Wildman–Crippen MR) is 174 cm³/mol. The van der Waals surface area contributed by atoms with E-state index in [0.29, 0.717) is 17.5 Å². The zero-order valence-electron chi connectivity index (χ0n) is 23.2. The Morgan fingerprint density at radius 3 is 1.40 bits per heavy atom. The highest BCUT2D eigenvalue weighted by molar-refractivity contribution is 6.06. The maximum absolute atomic E-state index is 6.24. The van der Waals surface area contributed by atoms with Gasteiger partial charge < -0.3 is 4.42 Å². The van der Waals surface area contributed by atoms with Gasteiger partial charge in [-0.05, 0) is 58.7 Å². The van der Waals surface area contributed by atoms with Crippen molar-refractivity contribution >= 4 is 21.9 Å². The van der Waals surface area contributed by atoms with E-state index in [9.17, 15) is 0 Å². The molecule has 4 nitrogen and oxygen atoms in total. The summed E-state index contributed by atoms with van der Waals surface area (Å²) in [6.07, 6.45) is 0. The second-order valence-electron chi connectivity index (χ2n) is 10.5. The number of benzene rings is 6. The summed E-state index contributed by atoms with van der Waals surface area (Å²) in [4.78, 5) is 14.9. The van der Waals surface area contributed by atoms with Crippen LogP contribution < -0.4 is 0 Å². The number of para-hydroxylation sites is 1. The van der Waals surface area contributed by atoms with Crippen molar-refractivity contribution in [3.05, 3.63) is 152 Å². The molecule has 8 rings (SSSR count). The Labute approximate surface area is 249 Å². The third-order valence-corrected chi connectivity index (χ3v) is 7.71. The van der Waals surface area contributed by atoms with Crippen molar-refractivity contribution in [3.63, 3.8) is 0 Å². The quantitative estimate of drug-likeness (QED) is 0.214. The molecule has 8 aromatic rings. The van der Waals surface area contributed by atoms with Crippen LogP contribution in [-0.2, 0) is 0 Å². The van der Waals surface area contributed by atoms with Gasteiger partial charge in [-0.1, -0.05) is 115 Å².